The van der Waals surface area contributed by atoms with E-state index in [0.717, 1.165) is 0 Å². The van der Waals surface area contributed by atoms with Crippen molar-refractivity contribution in [2.45, 2.75) is 19.4 Å². The Balaban J connectivity index is 2.08. The second kappa shape index (κ2) is 6.34. The molecule has 0 aromatic heterocycles. The predicted molar refractivity (Wildman–Crippen MR) is 81.5 cm³/mol. The van der Waals surface area contributed by atoms with Crippen LogP contribution < -0.4 is 10.1 Å². The van der Waals surface area contributed by atoms with Gasteiger partial charge in [0.25, 0.3) is 0 Å². The molecule has 0 aliphatic carbocycles. The number of sulfone groups is 1. The number of amides is 2. The third kappa shape index (κ3) is 4.10. The number of carbonyl (C=O) groups is 1. The number of rotatable bonds is 2. The predicted octanol–water partition coefficient (Wildman–Crippen LogP) is 1.74. The molecule has 1 atom stereocenters. The van der Waals surface area contributed by atoms with Gasteiger partial charge in [-0.3, -0.25) is 0 Å². The van der Waals surface area contributed by atoms with Crippen molar-refractivity contribution in [2.75, 3.05) is 30.5 Å². The topological polar surface area (TPSA) is 75.7 Å². The first-order chi connectivity index (χ1) is 9.91. The fraction of sp³-hybridized carbons (Fsp3) is 0.500. The molecule has 21 heavy (non-hydrogen) atoms. The fourth-order valence-corrected chi connectivity index (χ4v) is 3.64. The van der Waals surface area contributed by atoms with Crippen molar-refractivity contribution in [3.63, 3.8) is 0 Å². The van der Waals surface area contributed by atoms with E-state index in [2.05, 4.69) is 5.32 Å². The summed E-state index contributed by atoms with van der Waals surface area (Å²) in [6.07, 6.45) is 0.466. The van der Waals surface area contributed by atoms with E-state index in [1.165, 1.54) is 0 Å². The molecule has 0 radical (unpaired) electrons. The molecule has 6 nitrogen and oxygen atoms in total. The number of urea groups is 1. The maximum atomic E-state index is 12.3. The summed E-state index contributed by atoms with van der Waals surface area (Å²) < 4.78 is 28.4. The van der Waals surface area contributed by atoms with Gasteiger partial charge in [-0.2, -0.15) is 0 Å². The van der Waals surface area contributed by atoms with E-state index in [1.54, 1.807) is 36.3 Å². The van der Waals surface area contributed by atoms with Gasteiger partial charge in [0.1, 0.15) is 5.75 Å². The van der Waals surface area contributed by atoms with Crippen molar-refractivity contribution < 1.29 is 17.9 Å². The van der Waals surface area contributed by atoms with Crippen molar-refractivity contribution >= 4 is 21.6 Å². The van der Waals surface area contributed by atoms with Gasteiger partial charge in [-0.25, -0.2) is 13.2 Å². The zero-order valence-corrected chi connectivity index (χ0v) is 13.0. The first kappa shape index (κ1) is 15.6. The Kier molecular flexibility index (Phi) is 4.72. The number of hydrogen-bond acceptors (Lipinski definition) is 4. The normalized spacial score (nSPS) is 21.4. The summed E-state index contributed by atoms with van der Waals surface area (Å²) in [6.45, 7) is 2.09. The lowest BCUT2D eigenvalue weighted by atomic mass is 10.2. The van der Waals surface area contributed by atoms with E-state index in [-0.39, 0.29) is 30.1 Å². The molecule has 0 saturated carbocycles. The van der Waals surface area contributed by atoms with E-state index >= 15 is 0 Å². The third-order valence-corrected chi connectivity index (χ3v) is 5.27. The molecule has 2 rings (SSSR count). The molecule has 116 valence electrons. The molecular weight excluding hydrogens is 292 g/mol. The lowest BCUT2D eigenvalue weighted by Gasteiger charge is -2.26. The number of nitrogens with zero attached hydrogens (tertiary/aromatic N) is 1. The van der Waals surface area contributed by atoms with Crippen LogP contribution in [-0.4, -0.2) is 50.6 Å². The molecule has 1 aromatic rings. The largest absolute Gasteiger partial charge is 0.497 e. The SMILES string of the molecule is COc1cccc(NC(=O)N2CCS(=O)(=O)CC[C@@H]2C)c1. The van der Waals surface area contributed by atoms with Crippen LogP contribution in [0.3, 0.4) is 0 Å². The fourth-order valence-electron chi connectivity index (χ4n) is 2.26. The molecule has 1 N–H and O–H groups in total. The van der Waals surface area contributed by atoms with E-state index in [9.17, 15) is 13.2 Å². The van der Waals surface area contributed by atoms with Crippen LogP contribution in [0.5, 0.6) is 5.75 Å². The summed E-state index contributed by atoms with van der Waals surface area (Å²) in [5.74, 6) is 0.805. The van der Waals surface area contributed by atoms with Gasteiger partial charge in [-0.15, -0.1) is 0 Å². The molecule has 0 unspecified atom stereocenters. The van der Waals surface area contributed by atoms with Crippen molar-refractivity contribution in [1.29, 1.82) is 0 Å². The molecular formula is C14H20N2O4S. The van der Waals surface area contributed by atoms with Crippen molar-refractivity contribution in [2.24, 2.45) is 0 Å². The van der Waals surface area contributed by atoms with Gasteiger partial charge in [-0.1, -0.05) is 6.07 Å². The molecule has 0 bridgehead atoms. The minimum absolute atomic E-state index is 0.0167. The molecule has 7 heteroatoms. The average Bonchev–Trinajstić information content (AvgIpc) is 2.58. The average molecular weight is 312 g/mol. The van der Waals surface area contributed by atoms with Gasteiger partial charge in [0.05, 0.1) is 18.6 Å². The van der Waals surface area contributed by atoms with E-state index < -0.39 is 9.84 Å². The van der Waals surface area contributed by atoms with Gasteiger partial charge < -0.3 is 15.0 Å². The van der Waals surface area contributed by atoms with Crippen LogP contribution in [-0.2, 0) is 9.84 Å². The highest BCUT2D eigenvalue weighted by molar-refractivity contribution is 7.91. The van der Waals surface area contributed by atoms with Crippen LogP contribution >= 0.6 is 0 Å². The number of anilines is 1. The number of methoxy groups -OCH3 is 1. The van der Waals surface area contributed by atoms with Crippen LogP contribution in [0.4, 0.5) is 10.5 Å². The van der Waals surface area contributed by atoms with E-state index in [4.69, 9.17) is 4.74 Å². The highest BCUT2D eigenvalue weighted by atomic mass is 32.2. The third-order valence-electron chi connectivity index (χ3n) is 3.60. The number of hydrogen-bond donors (Lipinski definition) is 1. The molecule has 0 spiro atoms. The Morgan fingerprint density at radius 3 is 2.86 bits per heavy atom. The molecule has 1 aliphatic heterocycles. The quantitative estimate of drug-likeness (QED) is 0.902. The van der Waals surface area contributed by atoms with Crippen molar-refractivity contribution in [3.8, 4) is 5.75 Å². The molecule has 1 aliphatic rings. The highest BCUT2D eigenvalue weighted by Gasteiger charge is 2.27. The summed E-state index contributed by atoms with van der Waals surface area (Å²) in [5, 5.41) is 2.78. The van der Waals surface area contributed by atoms with Crippen LogP contribution in [0.15, 0.2) is 24.3 Å². The van der Waals surface area contributed by atoms with Gasteiger partial charge in [0.15, 0.2) is 9.84 Å². The Hall–Kier alpha value is -1.76. The van der Waals surface area contributed by atoms with Gasteiger partial charge in [0.2, 0.25) is 0 Å². The van der Waals surface area contributed by atoms with E-state index in [0.29, 0.717) is 17.9 Å². The number of ether oxygens (including phenoxy) is 1. The molecule has 1 aromatic carbocycles. The minimum atomic E-state index is -3.04. The maximum absolute atomic E-state index is 12.3. The monoisotopic (exact) mass is 312 g/mol. The molecule has 1 fully saturated rings. The Labute approximate surface area is 125 Å². The zero-order valence-electron chi connectivity index (χ0n) is 12.2. The number of carbonyl (C=O) groups excluding carboxylic acids is 1. The van der Waals surface area contributed by atoms with Gasteiger partial charge in [0, 0.05) is 24.3 Å². The van der Waals surface area contributed by atoms with Crippen molar-refractivity contribution in [1.82, 2.24) is 4.90 Å². The second-order valence-corrected chi connectivity index (χ2v) is 7.45. The Morgan fingerprint density at radius 2 is 2.14 bits per heavy atom. The second-order valence-electron chi connectivity index (χ2n) is 5.15. The summed E-state index contributed by atoms with van der Waals surface area (Å²) >= 11 is 0. The summed E-state index contributed by atoms with van der Waals surface area (Å²) in [4.78, 5) is 13.9. The molecule has 1 heterocycles. The highest BCUT2D eigenvalue weighted by Crippen LogP contribution is 2.19. The van der Waals surface area contributed by atoms with Gasteiger partial charge in [-0.05, 0) is 25.5 Å². The number of benzene rings is 1. The first-order valence-electron chi connectivity index (χ1n) is 6.83. The lowest BCUT2D eigenvalue weighted by molar-refractivity contribution is 0.197. The smallest absolute Gasteiger partial charge is 0.322 e. The summed E-state index contributed by atoms with van der Waals surface area (Å²) in [6, 6.07) is 6.67. The van der Waals surface area contributed by atoms with Crippen LogP contribution in [0.2, 0.25) is 0 Å². The molecule has 1 saturated heterocycles. The van der Waals surface area contributed by atoms with E-state index in [1.807, 2.05) is 6.92 Å². The Bertz CT molecular complexity index is 615. The minimum Gasteiger partial charge on any atom is -0.497 e. The molecule has 2 amide bonds. The zero-order chi connectivity index (χ0) is 15.5. The van der Waals surface area contributed by atoms with Crippen LogP contribution in [0.25, 0.3) is 0 Å². The van der Waals surface area contributed by atoms with Crippen LogP contribution in [0, 0.1) is 0 Å². The van der Waals surface area contributed by atoms with Crippen molar-refractivity contribution in [3.05, 3.63) is 24.3 Å². The van der Waals surface area contributed by atoms with Crippen LogP contribution in [0.1, 0.15) is 13.3 Å². The van der Waals surface area contributed by atoms with Gasteiger partial charge >= 0.3 is 6.03 Å². The lowest BCUT2D eigenvalue weighted by Crippen LogP contribution is -2.42. The summed E-state index contributed by atoms with van der Waals surface area (Å²) in [7, 11) is -1.49. The maximum Gasteiger partial charge on any atom is 0.322 e. The number of nitrogens with one attached hydrogen (secondary N) is 1. The standard InChI is InChI=1S/C14H20N2O4S/c1-11-6-8-21(18,19)9-7-16(11)14(17)15-12-4-3-5-13(10-12)20-2/h3-5,10-11H,6-9H2,1-2H3,(H,15,17)/t11-/m0/s1. The summed E-state index contributed by atoms with van der Waals surface area (Å²) in [5.41, 5.74) is 0.624. The first-order valence-corrected chi connectivity index (χ1v) is 8.65. The Morgan fingerprint density at radius 1 is 1.38 bits per heavy atom.